The lowest BCUT2D eigenvalue weighted by Gasteiger charge is -2.10. The van der Waals surface area contributed by atoms with Crippen molar-refractivity contribution in [3.05, 3.63) is 58.1 Å². The molecular weight excluding hydrogens is 326 g/mol. The lowest BCUT2D eigenvalue weighted by molar-refractivity contribution is -0.123. The number of carbonyl (C=O) groups is 1. The molecule has 5 heteroatoms. The van der Waals surface area contributed by atoms with Gasteiger partial charge in [0.1, 0.15) is 18.1 Å². The summed E-state index contributed by atoms with van der Waals surface area (Å²) in [7, 11) is 0. The van der Waals surface area contributed by atoms with Crippen molar-refractivity contribution < 1.29 is 14.3 Å². The van der Waals surface area contributed by atoms with Crippen LogP contribution in [0.3, 0.4) is 0 Å². The first kappa shape index (κ1) is 18.1. The highest BCUT2D eigenvalue weighted by molar-refractivity contribution is 6.31. The molecule has 0 saturated heterocycles. The highest BCUT2D eigenvalue weighted by Crippen LogP contribution is 2.20. The van der Waals surface area contributed by atoms with Crippen LogP contribution in [-0.2, 0) is 4.79 Å². The van der Waals surface area contributed by atoms with Crippen LogP contribution < -0.4 is 14.8 Å². The molecule has 1 amide bonds. The van der Waals surface area contributed by atoms with E-state index in [2.05, 4.69) is 11.4 Å². The highest BCUT2D eigenvalue weighted by Gasteiger charge is 2.04. The van der Waals surface area contributed by atoms with Gasteiger partial charge in [0.15, 0.2) is 6.61 Å². The molecular formula is C19H22ClNO3. The topological polar surface area (TPSA) is 47.6 Å². The average molecular weight is 348 g/mol. The van der Waals surface area contributed by atoms with Gasteiger partial charge in [-0.1, -0.05) is 17.7 Å². The zero-order valence-electron chi connectivity index (χ0n) is 14.2. The quantitative estimate of drug-likeness (QED) is 0.774. The largest absolute Gasteiger partial charge is 0.492 e. The Hall–Kier alpha value is -2.20. The first-order valence-electron chi connectivity index (χ1n) is 7.81. The van der Waals surface area contributed by atoms with Crippen LogP contribution in [0.2, 0.25) is 5.02 Å². The first-order chi connectivity index (χ1) is 11.4. The van der Waals surface area contributed by atoms with E-state index in [0.29, 0.717) is 23.9 Å². The van der Waals surface area contributed by atoms with Crippen molar-refractivity contribution in [2.24, 2.45) is 0 Å². The minimum Gasteiger partial charge on any atom is -0.492 e. The number of rotatable bonds is 7. The fraction of sp³-hybridized carbons (Fsp3) is 0.316. The van der Waals surface area contributed by atoms with Gasteiger partial charge in [0, 0.05) is 5.02 Å². The summed E-state index contributed by atoms with van der Waals surface area (Å²) in [5.41, 5.74) is 3.22. The number of ether oxygens (including phenoxy) is 2. The molecule has 2 aromatic rings. The van der Waals surface area contributed by atoms with Crippen molar-refractivity contribution >= 4 is 17.5 Å². The van der Waals surface area contributed by atoms with Gasteiger partial charge in [-0.25, -0.2) is 0 Å². The Morgan fingerprint density at radius 1 is 1.00 bits per heavy atom. The number of halogens is 1. The summed E-state index contributed by atoms with van der Waals surface area (Å²) in [4.78, 5) is 11.8. The first-order valence-corrected chi connectivity index (χ1v) is 8.18. The molecule has 0 saturated carbocycles. The Bertz CT molecular complexity index is 696. The third-order valence-corrected chi connectivity index (χ3v) is 3.81. The molecule has 0 fully saturated rings. The molecule has 0 radical (unpaired) electrons. The molecule has 0 aliphatic rings. The smallest absolute Gasteiger partial charge is 0.258 e. The van der Waals surface area contributed by atoms with Gasteiger partial charge in [-0.05, 0) is 67.8 Å². The van der Waals surface area contributed by atoms with Crippen LogP contribution >= 0.6 is 11.6 Å². The lowest BCUT2D eigenvalue weighted by Crippen LogP contribution is -2.32. The normalized spacial score (nSPS) is 10.3. The summed E-state index contributed by atoms with van der Waals surface area (Å²) in [6, 6.07) is 11.3. The van der Waals surface area contributed by atoms with E-state index in [0.717, 1.165) is 22.4 Å². The molecule has 0 atom stereocenters. The standard InChI is InChI=1S/C19H22ClNO3/c1-13-8-14(2)10-17(9-13)23-7-6-21-19(22)12-24-16-4-5-18(20)15(3)11-16/h4-5,8-11H,6-7,12H2,1-3H3,(H,21,22). The summed E-state index contributed by atoms with van der Waals surface area (Å²) in [5.74, 6) is 1.25. The van der Waals surface area contributed by atoms with Crippen LogP contribution in [0.25, 0.3) is 0 Å². The zero-order chi connectivity index (χ0) is 17.5. The van der Waals surface area contributed by atoms with Crippen molar-refractivity contribution in [1.29, 1.82) is 0 Å². The van der Waals surface area contributed by atoms with Crippen LogP contribution in [-0.4, -0.2) is 25.7 Å². The van der Waals surface area contributed by atoms with Crippen molar-refractivity contribution in [3.8, 4) is 11.5 Å². The van der Waals surface area contributed by atoms with E-state index in [4.69, 9.17) is 21.1 Å². The Morgan fingerprint density at radius 2 is 1.71 bits per heavy atom. The van der Waals surface area contributed by atoms with Crippen molar-refractivity contribution in [2.75, 3.05) is 19.8 Å². The molecule has 0 bridgehead atoms. The molecule has 128 valence electrons. The number of benzene rings is 2. The molecule has 0 unspecified atom stereocenters. The minimum absolute atomic E-state index is 0.0371. The summed E-state index contributed by atoms with van der Waals surface area (Å²) < 4.78 is 11.1. The van der Waals surface area contributed by atoms with Gasteiger partial charge in [-0.15, -0.1) is 0 Å². The molecule has 0 spiro atoms. The fourth-order valence-corrected chi connectivity index (χ4v) is 2.40. The number of carbonyl (C=O) groups excluding carboxylic acids is 1. The predicted molar refractivity (Wildman–Crippen MR) is 96.1 cm³/mol. The number of amides is 1. The van der Waals surface area contributed by atoms with Crippen LogP contribution in [0, 0.1) is 20.8 Å². The van der Waals surface area contributed by atoms with Gasteiger partial charge < -0.3 is 14.8 Å². The maximum Gasteiger partial charge on any atom is 0.258 e. The van der Waals surface area contributed by atoms with Gasteiger partial charge in [0.25, 0.3) is 5.91 Å². The Balaban J connectivity index is 1.68. The molecule has 2 aromatic carbocycles. The van der Waals surface area contributed by atoms with E-state index in [1.807, 2.05) is 32.9 Å². The third kappa shape index (κ3) is 5.78. The average Bonchev–Trinajstić information content (AvgIpc) is 2.52. The second-order valence-corrected chi connectivity index (χ2v) is 6.13. The molecule has 0 aromatic heterocycles. The SMILES string of the molecule is Cc1cc(C)cc(OCCNC(=O)COc2ccc(Cl)c(C)c2)c1. The van der Waals surface area contributed by atoms with Crippen molar-refractivity contribution in [1.82, 2.24) is 5.32 Å². The van der Waals surface area contributed by atoms with E-state index in [1.54, 1.807) is 18.2 Å². The number of aryl methyl sites for hydroxylation is 3. The van der Waals surface area contributed by atoms with Gasteiger partial charge in [-0.3, -0.25) is 4.79 Å². The molecule has 0 aliphatic carbocycles. The van der Waals surface area contributed by atoms with E-state index in [-0.39, 0.29) is 12.5 Å². The fourth-order valence-electron chi connectivity index (χ4n) is 2.28. The van der Waals surface area contributed by atoms with Gasteiger partial charge in [0.05, 0.1) is 6.54 Å². The maximum absolute atomic E-state index is 11.8. The van der Waals surface area contributed by atoms with Crippen LogP contribution in [0.4, 0.5) is 0 Å². The summed E-state index contributed by atoms with van der Waals surface area (Å²) in [6.07, 6.45) is 0. The minimum atomic E-state index is -0.188. The Kier molecular flexibility index (Phi) is 6.50. The molecule has 1 N–H and O–H groups in total. The summed E-state index contributed by atoms with van der Waals surface area (Å²) in [6.45, 7) is 6.74. The van der Waals surface area contributed by atoms with E-state index in [1.165, 1.54) is 0 Å². The summed E-state index contributed by atoms with van der Waals surface area (Å²) >= 11 is 5.95. The molecule has 0 heterocycles. The van der Waals surface area contributed by atoms with Crippen molar-refractivity contribution in [3.63, 3.8) is 0 Å². The van der Waals surface area contributed by atoms with E-state index < -0.39 is 0 Å². The van der Waals surface area contributed by atoms with Gasteiger partial charge in [0.2, 0.25) is 0 Å². The van der Waals surface area contributed by atoms with Gasteiger partial charge in [-0.2, -0.15) is 0 Å². The second kappa shape index (κ2) is 8.60. The maximum atomic E-state index is 11.8. The van der Waals surface area contributed by atoms with Crippen LogP contribution in [0.1, 0.15) is 16.7 Å². The van der Waals surface area contributed by atoms with Crippen LogP contribution in [0.5, 0.6) is 11.5 Å². The molecule has 0 aliphatic heterocycles. The van der Waals surface area contributed by atoms with Crippen LogP contribution in [0.15, 0.2) is 36.4 Å². The molecule has 24 heavy (non-hydrogen) atoms. The Morgan fingerprint density at radius 3 is 2.38 bits per heavy atom. The molecule has 4 nitrogen and oxygen atoms in total. The lowest BCUT2D eigenvalue weighted by atomic mass is 10.1. The number of hydrogen-bond acceptors (Lipinski definition) is 3. The Labute approximate surface area is 147 Å². The predicted octanol–water partition coefficient (Wildman–Crippen LogP) is 3.84. The van der Waals surface area contributed by atoms with E-state index in [9.17, 15) is 4.79 Å². The third-order valence-electron chi connectivity index (χ3n) is 3.39. The van der Waals surface area contributed by atoms with Crippen molar-refractivity contribution in [2.45, 2.75) is 20.8 Å². The number of hydrogen-bond donors (Lipinski definition) is 1. The van der Waals surface area contributed by atoms with Gasteiger partial charge >= 0.3 is 0 Å². The zero-order valence-corrected chi connectivity index (χ0v) is 14.9. The highest BCUT2D eigenvalue weighted by atomic mass is 35.5. The van der Waals surface area contributed by atoms with E-state index >= 15 is 0 Å². The summed E-state index contributed by atoms with van der Waals surface area (Å²) in [5, 5.41) is 3.44. The monoisotopic (exact) mass is 347 g/mol. The molecule has 2 rings (SSSR count). The number of nitrogens with one attached hydrogen (secondary N) is 1. The second-order valence-electron chi connectivity index (χ2n) is 5.72.